The van der Waals surface area contributed by atoms with Crippen LogP contribution >= 0.6 is 15.9 Å². The van der Waals surface area contributed by atoms with Gasteiger partial charge in [0.05, 0.1) is 5.41 Å². The molecule has 0 saturated heterocycles. The molecule has 0 radical (unpaired) electrons. The Morgan fingerprint density at radius 3 is 2.32 bits per heavy atom. The molecule has 0 aliphatic heterocycles. The maximum atomic E-state index is 14.3. The van der Waals surface area contributed by atoms with Crippen LogP contribution in [-0.4, -0.2) is 18.4 Å². The molecule has 25 heavy (non-hydrogen) atoms. The number of ether oxygens (including phenoxy) is 1. The molecule has 0 aromatic heterocycles. The topological polar surface area (TPSA) is 43.4 Å². The highest BCUT2D eigenvalue weighted by Crippen LogP contribution is 2.43. The van der Waals surface area contributed by atoms with E-state index in [2.05, 4.69) is 15.9 Å². The van der Waals surface area contributed by atoms with Gasteiger partial charge in [-0.25, -0.2) is 4.39 Å². The van der Waals surface area contributed by atoms with Crippen LogP contribution < -0.4 is 0 Å². The molecule has 1 fully saturated rings. The summed E-state index contributed by atoms with van der Waals surface area (Å²) in [4.78, 5) is 25.0. The van der Waals surface area contributed by atoms with E-state index in [1.54, 1.807) is 42.5 Å². The van der Waals surface area contributed by atoms with Gasteiger partial charge < -0.3 is 4.74 Å². The van der Waals surface area contributed by atoms with Crippen molar-refractivity contribution in [2.45, 2.75) is 31.1 Å². The number of esters is 1. The van der Waals surface area contributed by atoms with E-state index in [1.807, 2.05) is 0 Å². The van der Waals surface area contributed by atoms with Crippen LogP contribution in [0.3, 0.4) is 0 Å². The van der Waals surface area contributed by atoms with Gasteiger partial charge >= 0.3 is 5.97 Å². The standard InChI is InChI=1S/C20H18BrFO3/c21-15-9-7-14(8-10-15)18(23)13-25-19(24)20(11-3-4-12-20)16-5-1-2-6-17(16)22/h1-2,5-10H,3-4,11-13H2. The first-order valence-electron chi connectivity index (χ1n) is 8.24. The summed E-state index contributed by atoms with van der Waals surface area (Å²) in [6.07, 6.45) is 2.76. The van der Waals surface area contributed by atoms with Crippen LogP contribution in [-0.2, 0) is 14.9 Å². The molecule has 2 aromatic carbocycles. The summed E-state index contributed by atoms with van der Waals surface area (Å²) >= 11 is 3.31. The first-order valence-corrected chi connectivity index (χ1v) is 9.03. The van der Waals surface area contributed by atoms with E-state index in [0.717, 1.165) is 17.3 Å². The normalized spacial score (nSPS) is 15.8. The Morgan fingerprint density at radius 2 is 1.68 bits per heavy atom. The molecule has 130 valence electrons. The third kappa shape index (κ3) is 3.66. The van der Waals surface area contributed by atoms with Gasteiger partial charge in [-0.05, 0) is 31.0 Å². The second-order valence-corrected chi connectivity index (χ2v) is 7.19. The minimum absolute atomic E-state index is 0.275. The lowest BCUT2D eigenvalue weighted by molar-refractivity contribution is -0.149. The van der Waals surface area contributed by atoms with Crippen LogP contribution in [0.5, 0.6) is 0 Å². The van der Waals surface area contributed by atoms with Gasteiger partial charge in [-0.1, -0.05) is 59.1 Å². The summed E-state index contributed by atoms with van der Waals surface area (Å²) in [5.41, 5.74) is -0.137. The van der Waals surface area contributed by atoms with E-state index < -0.39 is 17.2 Å². The van der Waals surface area contributed by atoms with Gasteiger partial charge in [-0.2, -0.15) is 0 Å². The van der Waals surface area contributed by atoms with Gasteiger partial charge in [0.25, 0.3) is 0 Å². The number of carbonyl (C=O) groups is 2. The molecule has 0 amide bonds. The van der Waals surface area contributed by atoms with E-state index in [0.29, 0.717) is 24.0 Å². The number of benzene rings is 2. The van der Waals surface area contributed by atoms with E-state index in [1.165, 1.54) is 6.07 Å². The molecule has 0 spiro atoms. The maximum Gasteiger partial charge on any atom is 0.317 e. The Morgan fingerprint density at radius 1 is 1.04 bits per heavy atom. The Bertz CT molecular complexity index is 780. The molecule has 1 saturated carbocycles. The SMILES string of the molecule is O=C(COC(=O)C1(c2ccccc2F)CCCC1)c1ccc(Br)cc1. The monoisotopic (exact) mass is 404 g/mol. The van der Waals surface area contributed by atoms with Crippen molar-refractivity contribution >= 4 is 27.7 Å². The van der Waals surface area contributed by atoms with E-state index >= 15 is 0 Å². The van der Waals surface area contributed by atoms with E-state index in [4.69, 9.17) is 4.74 Å². The highest BCUT2D eigenvalue weighted by atomic mass is 79.9. The second kappa shape index (κ2) is 7.48. The van der Waals surface area contributed by atoms with Crippen LogP contribution in [0.1, 0.15) is 41.6 Å². The molecule has 0 N–H and O–H groups in total. The van der Waals surface area contributed by atoms with Crippen LogP contribution in [0.2, 0.25) is 0 Å². The van der Waals surface area contributed by atoms with Crippen molar-refractivity contribution in [3.63, 3.8) is 0 Å². The quantitative estimate of drug-likeness (QED) is 0.529. The summed E-state index contributed by atoms with van der Waals surface area (Å²) < 4.78 is 20.5. The predicted octanol–water partition coefficient (Wildman–Crippen LogP) is 4.83. The Hall–Kier alpha value is -2.01. The number of carbonyl (C=O) groups excluding carboxylic acids is 2. The second-order valence-electron chi connectivity index (χ2n) is 6.28. The minimum atomic E-state index is -0.981. The number of hydrogen-bond donors (Lipinski definition) is 0. The Balaban J connectivity index is 1.75. The molecular formula is C20H18BrFO3. The zero-order chi connectivity index (χ0) is 17.9. The zero-order valence-electron chi connectivity index (χ0n) is 13.6. The number of halogens is 2. The van der Waals surface area contributed by atoms with Crippen LogP contribution in [0.4, 0.5) is 4.39 Å². The summed E-state index contributed by atoms with van der Waals surface area (Å²) in [6, 6.07) is 13.2. The van der Waals surface area contributed by atoms with Gasteiger partial charge in [0, 0.05) is 15.6 Å². The van der Waals surface area contributed by atoms with Crippen LogP contribution in [0, 0.1) is 5.82 Å². The maximum absolute atomic E-state index is 14.3. The molecule has 5 heteroatoms. The first kappa shape index (κ1) is 17.8. The fourth-order valence-electron chi connectivity index (χ4n) is 3.40. The smallest absolute Gasteiger partial charge is 0.317 e. The number of ketones is 1. The zero-order valence-corrected chi connectivity index (χ0v) is 15.2. The molecule has 0 bridgehead atoms. The van der Waals surface area contributed by atoms with Gasteiger partial charge in [0.2, 0.25) is 0 Å². The highest BCUT2D eigenvalue weighted by molar-refractivity contribution is 9.10. The Kier molecular flexibility index (Phi) is 5.33. The molecular weight excluding hydrogens is 387 g/mol. The van der Waals surface area contributed by atoms with Crippen molar-refractivity contribution in [3.8, 4) is 0 Å². The number of rotatable bonds is 5. The third-order valence-electron chi connectivity index (χ3n) is 4.74. The number of Topliss-reactive ketones (excluding diaryl/α,β-unsaturated/α-hetero) is 1. The lowest BCUT2D eigenvalue weighted by atomic mass is 9.78. The van der Waals surface area contributed by atoms with Crippen molar-refractivity contribution in [3.05, 3.63) is 69.9 Å². The fourth-order valence-corrected chi connectivity index (χ4v) is 3.66. The first-order chi connectivity index (χ1) is 12.0. The van der Waals surface area contributed by atoms with Crippen molar-refractivity contribution < 1.29 is 18.7 Å². The van der Waals surface area contributed by atoms with Crippen molar-refractivity contribution in [2.75, 3.05) is 6.61 Å². The lowest BCUT2D eigenvalue weighted by Gasteiger charge is -2.27. The van der Waals surface area contributed by atoms with Gasteiger partial charge in [0.15, 0.2) is 12.4 Å². The molecule has 3 nitrogen and oxygen atoms in total. The fraction of sp³-hybridized carbons (Fsp3) is 0.300. The molecule has 2 aromatic rings. The lowest BCUT2D eigenvalue weighted by Crippen LogP contribution is -2.36. The van der Waals surface area contributed by atoms with E-state index in [-0.39, 0.29) is 12.4 Å². The van der Waals surface area contributed by atoms with Crippen molar-refractivity contribution in [1.29, 1.82) is 0 Å². The predicted molar refractivity (Wildman–Crippen MR) is 96.0 cm³/mol. The summed E-state index contributed by atoms with van der Waals surface area (Å²) in [5, 5.41) is 0. The van der Waals surface area contributed by atoms with E-state index in [9.17, 15) is 14.0 Å². The van der Waals surface area contributed by atoms with Crippen molar-refractivity contribution in [1.82, 2.24) is 0 Å². The summed E-state index contributed by atoms with van der Waals surface area (Å²) in [7, 11) is 0. The molecule has 0 heterocycles. The highest BCUT2D eigenvalue weighted by Gasteiger charge is 2.45. The molecule has 0 atom stereocenters. The molecule has 1 aliphatic rings. The molecule has 3 rings (SSSR count). The minimum Gasteiger partial charge on any atom is -0.457 e. The summed E-state index contributed by atoms with van der Waals surface area (Å²) in [5.74, 6) is -1.19. The largest absolute Gasteiger partial charge is 0.457 e. The molecule has 0 unspecified atom stereocenters. The molecule has 1 aliphatic carbocycles. The van der Waals surface area contributed by atoms with Crippen LogP contribution in [0.15, 0.2) is 53.0 Å². The third-order valence-corrected chi connectivity index (χ3v) is 5.27. The van der Waals surface area contributed by atoms with Crippen molar-refractivity contribution in [2.24, 2.45) is 0 Å². The number of hydrogen-bond acceptors (Lipinski definition) is 3. The summed E-state index contributed by atoms with van der Waals surface area (Å²) in [6.45, 7) is -0.337. The average Bonchev–Trinajstić information content (AvgIpc) is 3.11. The van der Waals surface area contributed by atoms with Gasteiger partial charge in [-0.3, -0.25) is 9.59 Å². The average molecular weight is 405 g/mol. The van der Waals surface area contributed by atoms with Gasteiger partial charge in [-0.15, -0.1) is 0 Å². The Labute approximate surface area is 154 Å². The van der Waals surface area contributed by atoms with Crippen LogP contribution in [0.25, 0.3) is 0 Å². The van der Waals surface area contributed by atoms with Gasteiger partial charge in [0.1, 0.15) is 5.82 Å².